The van der Waals surface area contributed by atoms with E-state index in [-0.39, 0.29) is 25.7 Å². The molecule has 0 fully saturated rings. The zero-order valence-electron chi connectivity index (χ0n) is 57.0. The van der Waals surface area contributed by atoms with Crippen molar-refractivity contribution in [3.8, 4) is 0 Å². The Labute approximate surface area is 537 Å². The third-order valence-electron chi connectivity index (χ3n) is 16.0. The van der Waals surface area contributed by atoms with E-state index < -0.39 is 97.5 Å². The minimum atomic E-state index is -4.95. The van der Waals surface area contributed by atoms with Crippen LogP contribution in [0.5, 0.6) is 0 Å². The highest BCUT2D eigenvalue weighted by Crippen LogP contribution is 2.45. The average molecular weight is 1300 g/mol. The number of rotatable bonds is 68. The van der Waals surface area contributed by atoms with E-state index in [0.717, 1.165) is 115 Å². The van der Waals surface area contributed by atoms with Crippen molar-refractivity contribution in [2.75, 3.05) is 39.6 Å². The molecule has 0 aliphatic carbocycles. The van der Waals surface area contributed by atoms with E-state index in [9.17, 15) is 43.2 Å². The highest BCUT2D eigenvalue weighted by Gasteiger charge is 2.30. The normalized spacial score (nSPS) is 14.2. The summed E-state index contributed by atoms with van der Waals surface area (Å²) in [6.07, 6.45) is 45.8. The number of hydrogen-bond donors (Lipinski definition) is 3. The lowest BCUT2D eigenvalue weighted by Crippen LogP contribution is -2.30. The van der Waals surface area contributed by atoms with E-state index in [2.05, 4.69) is 41.5 Å². The first-order chi connectivity index (χ1) is 42.4. The molecule has 0 saturated heterocycles. The van der Waals surface area contributed by atoms with Crippen LogP contribution in [0.15, 0.2) is 0 Å². The van der Waals surface area contributed by atoms with Gasteiger partial charge in [0.2, 0.25) is 0 Å². The van der Waals surface area contributed by atoms with Gasteiger partial charge in [-0.1, -0.05) is 298 Å². The number of aliphatic hydroxyl groups is 1. The monoisotopic (exact) mass is 1300 g/mol. The fourth-order valence-electron chi connectivity index (χ4n) is 10.4. The van der Waals surface area contributed by atoms with Crippen molar-refractivity contribution in [3.05, 3.63) is 0 Å². The molecule has 0 amide bonds. The molecular weight excluding hydrogens is 1160 g/mol. The van der Waals surface area contributed by atoms with Crippen LogP contribution >= 0.6 is 15.6 Å². The molecule has 3 N–H and O–H groups in total. The minimum absolute atomic E-state index is 0.107. The summed E-state index contributed by atoms with van der Waals surface area (Å²) in [7, 11) is -9.89. The Balaban J connectivity index is 5.21. The van der Waals surface area contributed by atoms with E-state index in [1.54, 1.807) is 0 Å². The first-order valence-electron chi connectivity index (χ1n) is 36.0. The van der Waals surface area contributed by atoms with Crippen LogP contribution in [-0.4, -0.2) is 96.7 Å². The summed E-state index contributed by atoms with van der Waals surface area (Å²) >= 11 is 0. The summed E-state index contributed by atoms with van der Waals surface area (Å²) in [4.78, 5) is 72.4. The summed E-state index contributed by atoms with van der Waals surface area (Å²) in [5.41, 5.74) is 0. The highest BCUT2D eigenvalue weighted by molar-refractivity contribution is 7.47. The zero-order chi connectivity index (χ0) is 65.0. The smallest absolute Gasteiger partial charge is 0.462 e. The van der Waals surface area contributed by atoms with E-state index in [0.29, 0.717) is 25.7 Å². The molecule has 0 aromatic carbocycles. The minimum Gasteiger partial charge on any atom is -0.462 e. The van der Waals surface area contributed by atoms with Crippen LogP contribution in [0, 0.1) is 11.8 Å². The molecule has 17 nitrogen and oxygen atoms in total. The molecule has 88 heavy (non-hydrogen) atoms. The van der Waals surface area contributed by atoms with Gasteiger partial charge < -0.3 is 33.8 Å². The molecule has 0 bridgehead atoms. The van der Waals surface area contributed by atoms with Gasteiger partial charge in [-0.2, -0.15) is 0 Å². The third-order valence-corrected chi connectivity index (χ3v) is 17.9. The van der Waals surface area contributed by atoms with Crippen molar-refractivity contribution in [1.82, 2.24) is 0 Å². The predicted molar refractivity (Wildman–Crippen MR) is 354 cm³/mol. The summed E-state index contributed by atoms with van der Waals surface area (Å²) < 4.78 is 68.2. The molecule has 0 spiro atoms. The molecule has 5 atom stereocenters. The molecular formula is C69H134O17P2. The average Bonchev–Trinajstić information content (AvgIpc) is 3.57. The Morgan fingerprint density at radius 3 is 0.773 bits per heavy atom. The second-order valence-electron chi connectivity index (χ2n) is 25.9. The Bertz CT molecular complexity index is 1720. The van der Waals surface area contributed by atoms with E-state index >= 15 is 0 Å². The van der Waals surface area contributed by atoms with Gasteiger partial charge in [0.05, 0.1) is 26.4 Å². The summed E-state index contributed by atoms with van der Waals surface area (Å²) in [6.45, 7) is 9.51. The van der Waals surface area contributed by atoms with Gasteiger partial charge in [0, 0.05) is 25.7 Å². The first kappa shape index (κ1) is 86.1. The van der Waals surface area contributed by atoms with Gasteiger partial charge in [-0.05, 0) is 37.5 Å². The molecule has 0 aromatic rings. The number of phosphoric ester groups is 2. The van der Waals surface area contributed by atoms with Crippen LogP contribution in [0.3, 0.4) is 0 Å². The highest BCUT2D eigenvalue weighted by atomic mass is 31.2. The molecule has 0 aliphatic rings. The molecule has 0 aromatic heterocycles. The van der Waals surface area contributed by atoms with Crippen molar-refractivity contribution in [3.63, 3.8) is 0 Å². The van der Waals surface area contributed by atoms with Gasteiger partial charge in [0.1, 0.15) is 19.3 Å². The molecule has 0 radical (unpaired) electrons. The quantitative estimate of drug-likeness (QED) is 0.0222. The fraction of sp³-hybridized carbons (Fsp3) is 0.942. The van der Waals surface area contributed by atoms with Crippen LogP contribution in [-0.2, 0) is 65.4 Å². The molecule has 522 valence electrons. The van der Waals surface area contributed by atoms with Gasteiger partial charge in [-0.25, -0.2) is 9.13 Å². The zero-order valence-corrected chi connectivity index (χ0v) is 58.8. The maximum atomic E-state index is 13.0. The predicted octanol–water partition coefficient (Wildman–Crippen LogP) is 19.6. The summed E-state index contributed by atoms with van der Waals surface area (Å²) in [5, 5.41) is 10.6. The van der Waals surface area contributed by atoms with Crippen LogP contribution in [0.2, 0.25) is 0 Å². The number of phosphoric acid groups is 2. The number of unbranched alkanes of at least 4 members (excludes halogenated alkanes) is 38. The molecule has 0 saturated carbocycles. The number of carbonyl (C=O) groups is 4. The van der Waals surface area contributed by atoms with Crippen LogP contribution in [0.4, 0.5) is 0 Å². The van der Waals surface area contributed by atoms with Crippen molar-refractivity contribution < 1.29 is 80.2 Å². The topological polar surface area (TPSA) is 237 Å². The second kappa shape index (κ2) is 61.3. The van der Waals surface area contributed by atoms with Crippen LogP contribution in [0.25, 0.3) is 0 Å². The van der Waals surface area contributed by atoms with E-state index in [4.69, 9.17) is 37.0 Å². The Kier molecular flexibility index (Phi) is 59.9. The lowest BCUT2D eigenvalue weighted by atomic mass is 10.0. The van der Waals surface area contributed by atoms with Crippen molar-refractivity contribution in [1.29, 1.82) is 0 Å². The van der Waals surface area contributed by atoms with Crippen LogP contribution < -0.4 is 0 Å². The maximum Gasteiger partial charge on any atom is 0.472 e. The molecule has 2 unspecified atom stereocenters. The number of carbonyl (C=O) groups excluding carboxylic acids is 4. The number of hydrogen-bond acceptors (Lipinski definition) is 15. The van der Waals surface area contributed by atoms with E-state index in [1.807, 2.05) is 0 Å². The molecule has 0 rings (SSSR count). The number of esters is 4. The van der Waals surface area contributed by atoms with Crippen molar-refractivity contribution in [2.24, 2.45) is 11.8 Å². The number of aliphatic hydroxyl groups excluding tert-OH is 1. The largest absolute Gasteiger partial charge is 0.472 e. The lowest BCUT2D eigenvalue weighted by Gasteiger charge is -2.21. The lowest BCUT2D eigenvalue weighted by molar-refractivity contribution is -0.161. The second-order valence-corrected chi connectivity index (χ2v) is 28.8. The third kappa shape index (κ3) is 62.8. The first-order valence-corrected chi connectivity index (χ1v) is 39.0. The fourth-order valence-corrected chi connectivity index (χ4v) is 12.0. The van der Waals surface area contributed by atoms with Crippen molar-refractivity contribution in [2.45, 2.75) is 368 Å². The Morgan fingerprint density at radius 2 is 0.523 bits per heavy atom. The van der Waals surface area contributed by atoms with Gasteiger partial charge >= 0.3 is 39.5 Å². The maximum absolute atomic E-state index is 13.0. The van der Waals surface area contributed by atoms with E-state index in [1.165, 1.54) is 154 Å². The SMILES string of the molecule is CCCCCCCCCCCCCCCC(=O)O[C@H](COC(=O)CCCCCCCCC)COP(=O)(O)OC[C@H](O)COP(=O)(O)OC[C@@H](COC(=O)CCCCCCCCCCCCC(C)C)OC(=O)CCCCCCCCCCCCCCC(C)C. The van der Waals surface area contributed by atoms with Crippen molar-refractivity contribution >= 4 is 39.5 Å². The Hall–Kier alpha value is -1.94. The van der Waals surface area contributed by atoms with Gasteiger partial charge in [0.25, 0.3) is 0 Å². The van der Waals surface area contributed by atoms with Gasteiger partial charge in [-0.15, -0.1) is 0 Å². The van der Waals surface area contributed by atoms with Gasteiger partial charge in [-0.3, -0.25) is 37.3 Å². The van der Waals surface area contributed by atoms with Crippen LogP contribution in [0.1, 0.15) is 350 Å². The summed E-state index contributed by atoms with van der Waals surface area (Å²) in [5.74, 6) is -0.593. The number of ether oxygens (including phenoxy) is 4. The molecule has 0 aliphatic heterocycles. The molecule has 0 heterocycles. The van der Waals surface area contributed by atoms with Gasteiger partial charge in [0.15, 0.2) is 12.2 Å². The standard InChI is InChI=1S/C69H134O17P2/c1-7-9-11-13-15-16-17-18-22-29-35-41-47-53-68(73)85-64(57-79-66(71)51-45-39-31-14-12-10-8-2)59-83-87(75,76)81-55-63(70)56-82-88(77,78)84-60-65(58-80-67(72)52-46-40-34-28-25-24-27-33-38-44-50-62(5)6)86-69(74)54-48-42-36-30-23-20-19-21-26-32-37-43-49-61(3)4/h61-65,70H,7-60H2,1-6H3,(H,75,76)(H,77,78)/t63-,64+,65+/m0/s1. The molecule has 19 heteroatoms. The summed E-state index contributed by atoms with van der Waals surface area (Å²) in [6, 6.07) is 0. The Morgan fingerprint density at radius 1 is 0.307 bits per heavy atom.